The summed E-state index contributed by atoms with van der Waals surface area (Å²) >= 11 is 5.92. The molecule has 0 aliphatic rings. The van der Waals surface area contributed by atoms with E-state index in [2.05, 4.69) is 4.72 Å². The van der Waals surface area contributed by atoms with E-state index in [9.17, 15) is 8.42 Å². The molecule has 1 atom stereocenters. The van der Waals surface area contributed by atoms with Crippen LogP contribution in [0.25, 0.3) is 0 Å². The monoisotopic (exact) mass is 291 g/mol. The van der Waals surface area contributed by atoms with Crippen molar-refractivity contribution in [2.75, 3.05) is 13.2 Å². The highest BCUT2D eigenvalue weighted by Crippen LogP contribution is 2.17. The molecule has 0 aliphatic heterocycles. The van der Waals surface area contributed by atoms with E-state index in [-0.39, 0.29) is 18.3 Å². The molecule has 1 aromatic carbocycles. The van der Waals surface area contributed by atoms with Gasteiger partial charge in [-0.2, -0.15) is 0 Å². The van der Waals surface area contributed by atoms with Crippen molar-refractivity contribution in [2.24, 2.45) is 5.92 Å². The predicted octanol–water partition coefficient (Wildman–Crippen LogP) is 1.78. The van der Waals surface area contributed by atoms with Crippen LogP contribution in [-0.2, 0) is 15.8 Å². The molecule has 4 nitrogen and oxygen atoms in total. The van der Waals surface area contributed by atoms with Crippen LogP contribution in [0.2, 0.25) is 5.02 Å². The van der Waals surface area contributed by atoms with Crippen LogP contribution in [-0.4, -0.2) is 26.7 Å². The van der Waals surface area contributed by atoms with Crippen LogP contribution in [0.1, 0.15) is 18.9 Å². The molecule has 0 heterocycles. The molecular weight excluding hydrogens is 274 g/mol. The number of nitrogens with one attached hydrogen (secondary N) is 1. The molecule has 18 heavy (non-hydrogen) atoms. The van der Waals surface area contributed by atoms with E-state index in [1.165, 1.54) is 0 Å². The maximum atomic E-state index is 11.8. The normalized spacial score (nSPS) is 13.5. The molecule has 0 amide bonds. The van der Waals surface area contributed by atoms with Gasteiger partial charge < -0.3 is 5.11 Å². The van der Waals surface area contributed by atoms with Crippen molar-refractivity contribution < 1.29 is 13.5 Å². The zero-order valence-electron chi connectivity index (χ0n) is 10.3. The largest absolute Gasteiger partial charge is 0.396 e. The Morgan fingerprint density at radius 1 is 1.39 bits per heavy atom. The average Bonchev–Trinajstić information content (AvgIpc) is 2.30. The number of hydrogen-bond donors (Lipinski definition) is 2. The highest BCUT2D eigenvalue weighted by atomic mass is 35.5. The van der Waals surface area contributed by atoms with Gasteiger partial charge >= 0.3 is 0 Å². The first-order valence-electron chi connectivity index (χ1n) is 5.76. The second kappa shape index (κ2) is 7.09. The third-order valence-corrected chi connectivity index (χ3v) is 4.24. The molecule has 1 rings (SSSR count). The standard InChI is InChI=1S/C12H18ClNO3S/c1-10(6-7-15)8-14-18(16,17)9-11-4-2-3-5-12(11)13/h2-5,10,14-15H,6-9H2,1H3. The smallest absolute Gasteiger partial charge is 0.215 e. The van der Waals surface area contributed by atoms with E-state index in [1.807, 2.05) is 6.92 Å². The van der Waals surface area contributed by atoms with Crippen LogP contribution >= 0.6 is 11.6 Å². The number of aliphatic hydroxyl groups is 1. The van der Waals surface area contributed by atoms with Gasteiger partial charge in [-0.15, -0.1) is 0 Å². The molecule has 0 aliphatic carbocycles. The Morgan fingerprint density at radius 3 is 2.67 bits per heavy atom. The minimum absolute atomic E-state index is 0.0629. The third-order valence-electron chi connectivity index (χ3n) is 2.58. The zero-order valence-corrected chi connectivity index (χ0v) is 11.8. The summed E-state index contributed by atoms with van der Waals surface area (Å²) in [5.74, 6) is -0.0190. The number of aliphatic hydroxyl groups excluding tert-OH is 1. The van der Waals surface area contributed by atoms with E-state index in [1.54, 1.807) is 24.3 Å². The van der Waals surface area contributed by atoms with Gasteiger partial charge in [-0.3, -0.25) is 0 Å². The fourth-order valence-electron chi connectivity index (χ4n) is 1.46. The second-order valence-electron chi connectivity index (χ2n) is 4.32. The maximum Gasteiger partial charge on any atom is 0.215 e. The van der Waals surface area contributed by atoms with E-state index in [4.69, 9.17) is 16.7 Å². The molecule has 0 saturated carbocycles. The molecule has 0 bridgehead atoms. The summed E-state index contributed by atoms with van der Waals surface area (Å²) in [6, 6.07) is 6.87. The summed E-state index contributed by atoms with van der Waals surface area (Å²) in [5.41, 5.74) is 0.585. The lowest BCUT2D eigenvalue weighted by Crippen LogP contribution is -2.29. The van der Waals surface area contributed by atoms with Crippen molar-refractivity contribution in [2.45, 2.75) is 19.1 Å². The zero-order chi connectivity index (χ0) is 13.6. The first kappa shape index (κ1) is 15.4. The summed E-state index contributed by atoms with van der Waals surface area (Å²) in [7, 11) is -3.39. The SMILES string of the molecule is CC(CCO)CNS(=O)(=O)Cc1ccccc1Cl. The van der Waals surface area contributed by atoms with Crippen molar-refractivity contribution in [1.29, 1.82) is 0 Å². The molecule has 0 fully saturated rings. The Balaban J connectivity index is 2.58. The van der Waals surface area contributed by atoms with Gasteiger partial charge in [-0.05, 0) is 24.0 Å². The minimum Gasteiger partial charge on any atom is -0.396 e. The van der Waals surface area contributed by atoms with Crippen molar-refractivity contribution >= 4 is 21.6 Å². The number of sulfonamides is 1. The van der Waals surface area contributed by atoms with Gasteiger partial charge in [0.05, 0.1) is 5.75 Å². The van der Waals surface area contributed by atoms with E-state index in [0.717, 1.165) is 0 Å². The highest BCUT2D eigenvalue weighted by molar-refractivity contribution is 7.88. The number of hydrogen-bond acceptors (Lipinski definition) is 3. The molecule has 0 radical (unpaired) electrons. The summed E-state index contributed by atoms with van der Waals surface area (Å²) in [5, 5.41) is 9.19. The Morgan fingerprint density at radius 2 is 2.06 bits per heavy atom. The molecule has 1 unspecified atom stereocenters. The van der Waals surface area contributed by atoms with Crippen LogP contribution < -0.4 is 4.72 Å². The van der Waals surface area contributed by atoms with Gasteiger partial charge in [-0.25, -0.2) is 13.1 Å². The lowest BCUT2D eigenvalue weighted by Gasteiger charge is -2.12. The third kappa shape index (κ3) is 5.35. The number of rotatable bonds is 7. The number of benzene rings is 1. The summed E-state index contributed by atoms with van der Waals surface area (Å²) in [6.07, 6.45) is 0.578. The lowest BCUT2D eigenvalue weighted by atomic mass is 10.1. The highest BCUT2D eigenvalue weighted by Gasteiger charge is 2.14. The molecular formula is C12H18ClNO3S. The van der Waals surface area contributed by atoms with Crippen molar-refractivity contribution in [3.8, 4) is 0 Å². The Hall–Kier alpha value is -0.620. The Bertz CT molecular complexity index is 476. The van der Waals surface area contributed by atoms with Gasteiger partial charge in [0.2, 0.25) is 10.0 Å². The van der Waals surface area contributed by atoms with Crippen LogP contribution in [0.4, 0.5) is 0 Å². The quantitative estimate of drug-likeness (QED) is 0.805. The van der Waals surface area contributed by atoms with Crippen LogP contribution in [0.3, 0.4) is 0 Å². The van der Waals surface area contributed by atoms with Crippen molar-refractivity contribution in [3.05, 3.63) is 34.9 Å². The van der Waals surface area contributed by atoms with Crippen molar-refractivity contribution in [3.63, 3.8) is 0 Å². The van der Waals surface area contributed by atoms with E-state index in [0.29, 0.717) is 23.6 Å². The molecule has 0 aromatic heterocycles. The average molecular weight is 292 g/mol. The Labute approximate surface area is 113 Å². The number of halogens is 1. The lowest BCUT2D eigenvalue weighted by molar-refractivity contribution is 0.263. The first-order valence-corrected chi connectivity index (χ1v) is 7.79. The van der Waals surface area contributed by atoms with Crippen molar-refractivity contribution in [1.82, 2.24) is 4.72 Å². The fourth-order valence-corrected chi connectivity index (χ4v) is 3.05. The maximum absolute atomic E-state index is 11.8. The molecule has 0 saturated heterocycles. The van der Waals surface area contributed by atoms with Gasteiger partial charge in [0.1, 0.15) is 0 Å². The molecule has 1 aromatic rings. The summed E-state index contributed by atoms with van der Waals surface area (Å²) in [4.78, 5) is 0. The molecule has 6 heteroatoms. The summed E-state index contributed by atoms with van der Waals surface area (Å²) < 4.78 is 26.2. The van der Waals surface area contributed by atoms with Gasteiger partial charge in [-0.1, -0.05) is 36.7 Å². The van der Waals surface area contributed by atoms with Crippen LogP contribution in [0, 0.1) is 5.92 Å². The molecule has 0 spiro atoms. The molecule has 2 N–H and O–H groups in total. The topological polar surface area (TPSA) is 66.4 Å². The fraction of sp³-hybridized carbons (Fsp3) is 0.500. The first-order chi connectivity index (χ1) is 8.44. The molecule has 102 valence electrons. The van der Waals surface area contributed by atoms with Crippen LogP contribution in [0.5, 0.6) is 0 Å². The van der Waals surface area contributed by atoms with Gasteiger partial charge in [0.25, 0.3) is 0 Å². The Kier molecular flexibility index (Phi) is 6.08. The van der Waals surface area contributed by atoms with E-state index >= 15 is 0 Å². The van der Waals surface area contributed by atoms with Crippen LogP contribution in [0.15, 0.2) is 24.3 Å². The van der Waals surface area contributed by atoms with Gasteiger partial charge in [0.15, 0.2) is 0 Å². The van der Waals surface area contributed by atoms with E-state index < -0.39 is 10.0 Å². The summed E-state index contributed by atoms with van der Waals surface area (Å²) in [6.45, 7) is 2.27. The predicted molar refractivity (Wildman–Crippen MR) is 72.9 cm³/mol. The minimum atomic E-state index is -3.39. The van der Waals surface area contributed by atoms with Gasteiger partial charge in [0, 0.05) is 18.2 Å². The second-order valence-corrected chi connectivity index (χ2v) is 6.53.